The predicted molar refractivity (Wildman–Crippen MR) is 162 cm³/mol. The van der Waals surface area contributed by atoms with Crippen LogP contribution in [-0.2, 0) is 11.3 Å². The van der Waals surface area contributed by atoms with Crippen LogP contribution in [0.1, 0.15) is 94.5 Å². The number of aromatic nitrogens is 1. The summed E-state index contributed by atoms with van der Waals surface area (Å²) in [7, 11) is 0. The van der Waals surface area contributed by atoms with Gasteiger partial charge >= 0.3 is 0 Å². The van der Waals surface area contributed by atoms with Gasteiger partial charge in [-0.3, -0.25) is 4.79 Å². The molecular weight excluding hydrogens is 584 g/mol. The minimum atomic E-state index is -0.182. The Bertz CT molecular complexity index is 1090. The van der Waals surface area contributed by atoms with E-state index < -0.39 is 0 Å². The van der Waals surface area contributed by atoms with Gasteiger partial charge in [-0.15, -0.1) is 0 Å². The molecule has 1 N–H and O–H groups in total. The van der Waals surface area contributed by atoms with Crippen LogP contribution in [-0.4, -0.2) is 19.1 Å². The number of ether oxygens (including phenoxy) is 2. The molecule has 0 bridgehead atoms. The molecule has 40 heavy (non-hydrogen) atoms. The lowest BCUT2D eigenvalue weighted by Crippen LogP contribution is -3.00. The maximum absolute atomic E-state index is 12.4. The summed E-state index contributed by atoms with van der Waals surface area (Å²) in [6.45, 7) is 5.86. The molecule has 2 aromatic carbocycles. The van der Waals surface area contributed by atoms with Crippen LogP contribution < -0.4 is 36.3 Å². The zero-order valence-electron chi connectivity index (χ0n) is 24.3. The lowest BCUT2D eigenvalue weighted by atomic mass is 10.1. The third kappa shape index (κ3) is 13.8. The summed E-state index contributed by atoms with van der Waals surface area (Å²) < 4.78 is 13.8. The van der Waals surface area contributed by atoms with Crippen LogP contribution in [0.2, 0.25) is 0 Å². The third-order valence-electron chi connectivity index (χ3n) is 6.91. The van der Waals surface area contributed by atoms with Crippen LogP contribution in [0, 0.1) is 6.92 Å². The molecule has 7 heteroatoms. The lowest BCUT2D eigenvalue weighted by Gasteiger charge is -2.10. The van der Waals surface area contributed by atoms with Gasteiger partial charge in [-0.25, -0.2) is 0 Å². The smallest absolute Gasteiger partial charge is 0.262 e. The number of aryl methyl sites for hydroxylation is 1. The molecule has 1 amide bonds. The van der Waals surface area contributed by atoms with Crippen LogP contribution in [0.25, 0.3) is 0 Å². The summed E-state index contributed by atoms with van der Waals surface area (Å²) in [5.74, 6) is 1.31. The molecule has 0 aliphatic carbocycles. The van der Waals surface area contributed by atoms with Gasteiger partial charge in [-0.2, -0.15) is 4.57 Å². The van der Waals surface area contributed by atoms with Crippen molar-refractivity contribution >= 4 is 22.9 Å². The second-order valence-corrected chi connectivity index (χ2v) is 11.4. The average Bonchev–Trinajstić information content (AvgIpc) is 3.35. The maximum Gasteiger partial charge on any atom is 0.262 e. The molecule has 220 valence electrons. The van der Waals surface area contributed by atoms with E-state index in [0.717, 1.165) is 36.6 Å². The number of anilines is 1. The van der Waals surface area contributed by atoms with Crippen molar-refractivity contribution in [2.24, 2.45) is 0 Å². The van der Waals surface area contributed by atoms with Gasteiger partial charge in [0, 0.05) is 18.2 Å². The second kappa shape index (κ2) is 20.5. The van der Waals surface area contributed by atoms with E-state index in [2.05, 4.69) is 41.4 Å². The first kappa shape index (κ1) is 33.8. The number of amides is 1. The molecule has 1 heterocycles. The van der Waals surface area contributed by atoms with Gasteiger partial charge in [-0.1, -0.05) is 101 Å². The molecule has 0 fully saturated rings. The molecule has 1 aromatic heterocycles. The molecule has 0 aliphatic heterocycles. The Labute approximate surface area is 256 Å². The van der Waals surface area contributed by atoms with E-state index in [9.17, 15) is 4.79 Å². The predicted octanol–water partition coefficient (Wildman–Crippen LogP) is 5.49. The van der Waals surface area contributed by atoms with E-state index in [0.29, 0.717) is 5.75 Å². The lowest BCUT2D eigenvalue weighted by molar-refractivity contribution is -0.689. The molecule has 0 radical (unpaired) electrons. The zero-order valence-corrected chi connectivity index (χ0v) is 26.7. The monoisotopic (exact) mass is 630 g/mol. The number of hydrogen-bond acceptors (Lipinski definition) is 4. The molecule has 3 rings (SSSR count). The van der Waals surface area contributed by atoms with Gasteiger partial charge in [0.15, 0.2) is 19.3 Å². The van der Waals surface area contributed by atoms with E-state index in [1.165, 1.54) is 75.6 Å². The van der Waals surface area contributed by atoms with E-state index in [-0.39, 0.29) is 29.5 Å². The average molecular weight is 632 g/mol. The van der Waals surface area contributed by atoms with Crippen LogP contribution in [0.4, 0.5) is 5.69 Å². The Morgan fingerprint density at radius 2 is 1.43 bits per heavy atom. The van der Waals surface area contributed by atoms with Crippen molar-refractivity contribution in [1.29, 1.82) is 0 Å². The van der Waals surface area contributed by atoms with Gasteiger partial charge in [0.1, 0.15) is 11.5 Å². The largest absolute Gasteiger partial charge is 1.00 e. The number of carbonyl (C=O) groups is 1. The zero-order chi connectivity index (χ0) is 27.5. The summed E-state index contributed by atoms with van der Waals surface area (Å²) in [5.41, 5.74) is 1.91. The maximum atomic E-state index is 12.4. The Morgan fingerprint density at radius 1 is 0.825 bits per heavy atom. The van der Waals surface area contributed by atoms with Crippen LogP contribution in [0.15, 0.2) is 60.1 Å². The molecule has 0 saturated heterocycles. The minimum absolute atomic E-state index is 0. The molecule has 5 nitrogen and oxygen atoms in total. The van der Waals surface area contributed by atoms with Gasteiger partial charge in [0.05, 0.1) is 12.0 Å². The SMILES string of the molecule is CCCCCCCCCCCCCCOc1ccc(OCC(=O)Nc2cccc(C[n+]3ccsc3C)c2)cc1.[Br-]. The molecular formula is C33H47BrN2O3S. The Hall–Kier alpha value is -2.38. The standard InChI is InChI=1S/C33H46N2O3S.BrH/c1-3-4-5-6-7-8-9-10-11-12-13-14-23-37-31-18-20-32(21-19-31)38-27-33(36)34-30-17-15-16-29(25-30)26-35-22-24-39-28(35)2;/h15-22,24-25H,3-14,23,26-27H2,1-2H3;1H. The molecule has 0 aliphatic rings. The Balaban J connectivity index is 0.00000560. The highest BCUT2D eigenvalue weighted by molar-refractivity contribution is 7.09. The topological polar surface area (TPSA) is 51.4 Å². The molecule has 3 aromatic rings. The Morgan fingerprint density at radius 3 is 2.02 bits per heavy atom. The first-order valence-corrected chi connectivity index (χ1v) is 15.7. The van der Waals surface area contributed by atoms with Crippen molar-refractivity contribution in [2.45, 2.75) is 97.4 Å². The summed E-state index contributed by atoms with van der Waals surface area (Å²) >= 11 is 1.72. The number of benzene rings is 2. The van der Waals surface area contributed by atoms with Crippen molar-refractivity contribution < 1.29 is 35.8 Å². The fourth-order valence-corrected chi connectivity index (χ4v) is 5.26. The molecule has 0 spiro atoms. The molecule has 0 atom stereocenters. The van der Waals surface area contributed by atoms with Gasteiger partial charge in [0.2, 0.25) is 5.01 Å². The number of nitrogens with one attached hydrogen (secondary N) is 1. The highest BCUT2D eigenvalue weighted by Gasteiger charge is 2.10. The van der Waals surface area contributed by atoms with E-state index in [1.807, 2.05) is 42.5 Å². The number of hydrogen-bond donors (Lipinski definition) is 1. The van der Waals surface area contributed by atoms with Gasteiger partial charge < -0.3 is 31.8 Å². The number of nitrogens with zero attached hydrogens (tertiary/aromatic N) is 1. The number of unbranched alkanes of at least 4 members (excludes halogenated alkanes) is 11. The van der Waals surface area contributed by atoms with Gasteiger partial charge in [-0.05, 0) is 42.8 Å². The van der Waals surface area contributed by atoms with E-state index in [1.54, 1.807) is 11.3 Å². The van der Waals surface area contributed by atoms with Crippen LogP contribution in [0.3, 0.4) is 0 Å². The van der Waals surface area contributed by atoms with Crippen molar-refractivity contribution in [3.8, 4) is 11.5 Å². The number of carbonyl (C=O) groups excluding carboxylic acids is 1. The van der Waals surface area contributed by atoms with Crippen LogP contribution >= 0.6 is 11.3 Å². The normalized spacial score (nSPS) is 10.7. The first-order valence-electron chi connectivity index (χ1n) is 14.8. The van der Waals surface area contributed by atoms with E-state index in [4.69, 9.17) is 9.47 Å². The quantitative estimate of drug-likeness (QED) is 0.133. The summed E-state index contributed by atoms with van der Waals surface area (Å²) in [6, 6.07) is 15.4. The highest BCUT2D eigenvalue weighted by Crippen LogP contribution is 2.19. The summed E-state index contributed by atoms with van der Waals surface area (Å²) in [4.78, 5) is 12.4. The van der Waals surface area contributed by atoms with Crippen molar-refractivity contribution in [2.75, 3.05) is 18.5 Å². The van der Waals surface area contributed by atoms with Crippen molar-refractivity contribution in [3.05, 3.63) is 70.7 Å². The highest BCUT2D eigenvalue weighted by atomic mass is 79.9. The number of rotatable bonds is 20. The Kier molecular flexibility index (Phi) is 17.3. The van der Waals surface area contributed by atoms with Crippen LogP contribution in [0.5, 0.6) is 11.5 Å². The molecule has 0 saturated carbocycles. The number of thiazole rings is 1. The van der Waals surface area contributed by atoms with Crippen molar-refractivity contribution in [3.63, 3.8) is 0 Å². The fourth-order valence-electron chi connectivity index (χ4n) is 4.59. The molecule has 0 unspecified atom stereocenters. The first-order chi connectivity index (χ1) is 19.1. The second-order valence-electron chi connectivity index (χ2n) is 10.3. The third-order valence-corrected chi connectivity index (χ3v) is 7.74. The number of halogens is 1. The summed E-state index contributed by atoms with van der Waals surface area (Å²) in [6.07, 6.45) is 18.2. The fraction of sp³-hybridized carbons (Fsp3) is 0.515. The van der Waals surface area contributed by atoms with Crippen molar-refractivity contribution in [1.82, 2.24) is 0 Å². The summed E-state index contributed by atoms with van der Waals surface area (Å²) in [5, 5.41) is 6.26. The van der Waals surface area contributed by atoms with E-state index >= 15 is 0 Å². The van der Waals surface area contributed by atoms with Gasteiger partial charge in [0.25, 0.3) is 5.91 Å². The minimum Gasteiger partial charge on any atom is -1.00 e.